The Bertz CT molecular complexity index is 910. The maximum Gasteiger partial charge on any atom is 0.243 e. The molecule has 0 atom stereocenters. The van der Waals surface area contributed by atoms with Gasteiger partial charge in [0.2, 0.25) is 21.8 Å². The van der Waals surface area contributed by atoms with Gasteiger partial charge in [0.15, 0.2) is 0 Å². The number of piperazine rings is 1. The zero-order valence-electron chi connectivity index (χ0n) is 18.9. The molecule has 0 radical (unpaired) electrons. The minimum absolute atomic E-state index is 0.105. The fourth-order valence-electron chi connectivity index (χ4n) is 3.98. The molecule has 172 valence electrons. The maximum atomic E-state index is 13.0. The summed E-state index contributed by atoms with van der Waals surface area (Å²) in [5.74, 6) is -0.216. The first-order chi connectivity index (χ1) is 14.5. The van der Waals surface area contributed by atoms with Crippen LogP contribution in [0.3, 0.4) is 0 Å². The summed E-state index contributed by atoms with van der Waals surface area (Å²) in [4.78, 5) is 29.3. The second-order valence-electron chi connectivity index (χ2n) is 9.54. The van der Waals surface area contributed by atoms with Crippen molar-refractivity contribution >= 4 is 27.5 Å². The average Bonchev–Trinajstić information content (AvgIpc) is 2.73. The number of hydrogen-bond donors (Lipinski definition) is 1. The van der Waals surface area contributed by atoms with Crippen LogP contribution >= 0.6 is 0 Å². The molecule has 2 saturated heterocycles. The smallest absolute Gasteiger partial charge is 0.243 e. The van der Waals surface area contributed by atoms with Crippen LogP contribution in [-0.2, 0) is 19.6 Å². The summed E-state index contributed by atoms with van der Waals surface area (Å²) in [7, 11) is -1.61. The van der Waals surface area contributed by atoms with Gasteiger partial charge in [0, 0.05) is 56.3 Å². The third kappa shape index (κ3) is 5.64. The van der Waals surface area contributed by atoms with Gasteiger partial charge in [-0.1, -0.05) is 26.8 Å². The Balaban J connectivity index is 1.61. The molecule has 0 unspecified atom stereocenters. The number of amides is 2. The van der Waals surface area contributed by atoms with Crippen molar-refractivity contribution in [2.45, 2.75) is 38.5 Å². The lowest BCUT2D eigenvalue weighted by molar-refractivity contribution is -0.142. The highest BCUT2D eigenvalue weighted by atomic mass is 32.2. The largest absolute Gasteiger partial charge is 0.342 e. The van der Waals surface area contributed by atoms with Crippen molar-refractivity contribution in [2.24, 2.45) is 11.3 Å². The third-order valence-corrected chi connectivity index (χ3v) is 7.89. The average molecular weight is 451 g/mol. The van der Waals surface area contributed by atoms with E-state index < -0.39 is 15.4 Å². The van der Waals surface area contributed by atoms with Gasteiger partial charge >= 0.3 is 0 Å². The molecule has 1 aromatic rings. The van der Waals surface area contributed by atoms with Crippen LogP contribution in [-0.4, -0.2) is 80.7 Å². The molecule has 9 heteroatoms. The van der Waals surface area contributed by atoms with E-state index in [1.807, 2.05) is 32.7 Å². The molecule has 0 aliphatic carbocycles. The van der Waals surface area contributed by atoms with E-state index in [1.165, 1.54) is 10.4 Å². The summed E-state index contributed by atoms with van der Waals surface area (Å²) in [6.07, 6.45) is 1.21. The van der Waals surface area contributed by atoms with Gasteiger partial charge in [-0.3, -0.25) is 9.59 Å². The number of benzene rings is 1. The molecule has 1 aromatic carbocycles. The number of carbonyl (C=O) groups is 2. The summed E-state index contributed by atoms with van der Waals surface area (Å²) in [6, 6.07) is 6.46. The lowest BCUT2D eigenvalue weighted by Gasteiger charge is -2.35. The number of sulfonamides is 1. The van der Waals surface area contributed by atoms with Gasteiger partial charge in [-0.15, -0.1) is 0 Å². The highest BCUT2D eigenvalue weighted by molar-refractivity contribution is 7.89. The summed E-state index contributed by atoms with van der Waals surface area (Å²) >= 11 is 0. The number of piperidine rings is 1. The summed E-state index contributed by atoms with van der Waals surface area (Å²) < 4.78 is 27.4. The molecule has 2 fully saturated rings. The van der Waals surface area contributed by atoms with Crippen molar-refractivity contribution in [1.29, 1.82) is 0 Å². The summed E-state index contributed by atoms with van der Waals surface area (Å²) in [5, 5.41) is 2.87. The predicted octanol–water partition coefficient (Wildman–Crippen LogP) is 1.85. The molecule has 1 N–H and O–H groups in total. The molecule has 0 bridgehead atoms. The molecule has 0 aromatic heterocycles. The van der Waals surface area contributed by atoms with Crippen molar-refractivity contribution in [2.75, 3.05) is 51.6 Å². The molecule has 2 amide bonds. The molecule has 0 saturated carbocycles. The quantitative estimate of drug-likeness (QED) is 0.756. The fourth-order valence-corrected chi connectivity index (χ4v) is 5.44. The first kappa shape index (κ1) is 23.7. The van der Waals surface area contributed by atoms with E-state index in [0.29, 0.717) is 57.8 Å². The van der Waals surface area contributed by atoms with Gasteiger partial charge in [0.05, 0.1) is 4.90 Å². The van der Waals surface area contributed by atoms with Gasteiger partial charge in [0.1, 0.15) is 0 Å². The van der Waals surface area contributed by atoms with Gasteiger partial charge < -0.3 is 15.1 Å². The first-order valence-corrected chi connectivity index (χ1v) is 12.3. The standard InChI is InChI=1S/C22H34N4O4S/c1-22(2,3)21(28)25-10-8-17(9-11-25)20(27)23-18-6-5-7-19(16-18)31(29,30)26-14-12-24(4)13-15-26/h5-7,16-17H,8-15H2,1-4H3,(H,23,27). The number of carbonyl (C=O) groups excluding carboxylic acids is 2. The maximum absolute atomic E-state index is 13.0. The van der Waals surface area contributed by atoms with Gasteiger partial charge in [-0.05, 0) is 38.1 Å². The third-order valence-electron chi connectivity index (χ3n) is 6.00. The number of likely N-dealkylation sites (tertiary alicyclic amines) is 1. The summed E-state index contributed by atoms with van der Waals surface area (Å²) in [5.41, 5.74) is 0.0542. The molecule has 2 heterocycles. The van der Waals surface area contributed by atoms with Crippen LogP contribution < -0.4 is 5.32 Å². The van der Waals surface area contributed by atoms with E-state index in [0.717, 1.165) is 0 Å². The monoisotopic (exact) mass is 450 g/mol. The minimum Gasteiger partial charge on any atom is -0.342 e. The van der Waals surface area contributed by atoms with Crippen LogP contribution in [0, 0.1) is 11.3 Å². The lowest BCUT2D eigenvalue weighted by Crippen LogP contribution is -2.47. The molecule has 0 spiro atoms. The SMILES string of the molecule is CN1CCN(S(=O)(=O)c2cccc(NC(=O)C3CCN(C(=O)C(C)(C)C)CC3)c2)CC1. The van der Waals surface area contributed by atoms with E-state index >= 15 is 0 Å². The normalized spacial score (nSPS) is 19.9. The second-order valence-corrected chi connectivity index (χ2v) is 11.5. The highest BCUT2D eigenvalue weighted by Crippen LogP contribution is 2.26. The lowest BCUT2D eigenvalue weighted by atomic mass is 9.90. The molecule has 2 aliphatic rings. The van der Waals surface area contributed by atoms with E-state index in [4.69, 9.17) is 0 Å². The topological polar surface area (TPSA) is 90.0 Å². The Kier molecular flexibility index (Phi) is 7.08. The van der Waals surface area contributed by atoms with Crippen LogP contribution in [0.4, 0.5) is 5.69 Å². The number of nitrogens with one attached hydrogen (secondary N) is 1. The van der Waals surface area contributed by atoms with Crippen molar-refractivity contribution in [3.05, 3.63) is 24.3 Å². The second kappa shape index (κ2) is 9.26. The Morgan fingerprint density at radius 3 is 2.19 bits per heavy atom. The van der Waals surface area contributed by atoms with E-state index in [-0.39, 0.29) is 22.6 Å². The first-order valence-electron chi connectivity index (χ1n) is 10.9. The molecule has 2 aliphatic heterocycles. The molecule has 8 nitrogen and oxygen atoms in total. The zero-order chi connectivity index (χ0) is 22.8. The highest BCUT2D eigenvalue weighted by Gasteiger charge is 2.33. The van der Waals surface area contributed by atoms with Crippen LogP contribution in [0.25, 0.3) is 0 Å². The van der Waals surface area contributed by atoms with Crippen LogP contribution in [0.2, 0.25) is 0 Å². The van der Waals surface area contributed by atoms with Gasteiger partial charge in [0.25, 0.3) is 0 Å². The number of hydrogen-bond acceptors (Lipinski definition) is 5. The van der Waals surface area contributed by atoms with Crippen LogP contribution in [0.5, 0.6) is 0 Å². The molecular weight excluding hydrogens is 416 g/mol. The predicted molar refractivity (Wildman–Crippen MR) is 120 cm³/mol. The Labute approximate surface area is 185 Å². The van der Waals surface area contributed by atoms with Gasteiger partial charge in [-0.2, -0.15) is 4.31 Å². The van der Waals surface area contributed by atoms with Crippen molar-refractivity contribution in [3.8, 4) is 0 Å². The van der Waals surface area contributed by atoms with Crippen LogP contribution in [0.15, 0.2) is 29.2 Å². The molecule has 3 rings (SSSR count). The fraction of sp³-hybridized carbons (Fsp3) is 0.636. The van der Waals surface area contributed by atoms with E-state index in [1.54, 1.807) is 18.2 Å². The van der Waals surface area contributed by atoms with Crippen molar-refractivity contribution in [3.63, 3.8) is 0 Å². The summed E-state index contributed by atoms with van der Waals surface area (Å²) in [6.45, 7) is 9.14. The number of nitrogens with zero attached hydrogens (tertiary/aromatic N) is 3. The Morgan fingerprint density at radius 1 is 1.00 bits per heavy atom. The van der Waals surface area contributed by atoms with E-state index in [2.05, 4.69) is 10.2 Å². The Hall–Kier alpha value is -1.97. The van der Waals surface area contributed by atoms with Crippen molar-refractivity contribution < 1.29 is 18.0 Å². The van der Waals surface area contributed by atoms with E-state index in [9.17, 15) is 18.0 Å². The Morgan fingerprint density at radius 2 is 1.61 bits per heavy atom. The molecular formula is C22H34N4O4S. The van der Waals surface area contributed by atoms with Gasteiger partial charge in [-0.25, -0.2) is 8.42 Å². The zero-order valence-corrected chi connectivity index (χ0v) is 19.7. The van der Waals surface area contributed by atoms with Crippen molar-refractivity contribution in [1.82, 2.24) is 14.1 Å². The van der Waals surface area contributed by atoms with Crippen LogP contribution in [0.1, 0.15) is 33.6 Å². The number of likely N-dealkylation sites (N-methyl/N-ethyl adjacent to an activating group) is 1. The minimum atomic E-state index is -3.59. The number of anilines is 1. The number of rotatable bonds is 4. The molecule has 31 heavy (non-hydrogen) atoms.